The summed E-state index contributed by atoms with van der Waals surface area (Å²) in [4.78, 5) is 21.7. The minimum atomic E-state index is -0.236. The molecule has 0 radical (unpaired) electrons. The molecular formula is C16H18N4O2. The zero-order valence-corrected chi connectivity index (χ0v) is 12.6. The van der Waals surface area contributed by atoms with Gasteiger partial charge >= 0.3 is 0 Å². The first kappa shape index (κ1) is 15.5. The molecule has 0 fully saturated rings. The Morgan fingerprint density at radius 1 is 1.36 bits per heavy atom. The molecule has 0 aliphatic rings. The van der Waals surface area contributed by atoms with E-state index in [0.29, 0.717) is 18.1 Å². The van der Waals surface area contributed by atoms with Crippen molar-refractivity contribution in [2.75, 3.05) is 26.4 Å². The first-order valence-electron chi connectivity index (χ1n) is 6.72. The van der Waals surface area contributed by atoms with Crippen molar-refractivity contribution in [3.05, 3.63) is 48.7 Å². The number of nitrogens with two attached hydrogens (primary N) is 1. The van der Waals surface area contributed by atoms with Gasteiger partial charge in [0.25, 0.3) is 5.91 Å². The van der Waals surface area contributed by atoms with Gasteiger partial charge in [-0.2, -0.15) is 0 Å². The maximum absolute atomic E-state index is 12.1. The summed E-state index contributed by atoms with van der Waals surface area (Å²) in [6.45, 7) is 4.00. The van der Waals surface area contributed by atoms with E-state index in [2.05, 4.69) is 16.5 Å². The maximum atomic E-state index is 12.1. The van der Waals surface area contributed by atoms with Crippen LogP contribution in [-0.4, -0.2) is 41.5 Å². The molecular weight excluding hydrogens is 280 g/mol. The van der Waals surface area contributed by atoms with Gasteiger partial charge in [0.2, 0.25) is 5.95 Å². The second-order valence-corrected chi connectivity index (χ2v) is 4.79. The van der Waals surface area contributed by atoms with E-state index in [9.17, 15) is 4.79 Å². The van der Waals surface area contributed by atoms with Gasteiger partial charge < -0.3 is 15.4 Å². The number of anilines is 1. The number of para-hydroxylation sites is 1. The fourth-order valence-corrected chi connectivity index (χ4v) is 1.90. The largest absolute Gasteiger partial charge is 0.489 e. The van der Waals surface area contributed by atoms with E-state index in [1.54, 1.807) is 26.2 Å². The fourth-order valence-electron chi connectivity index (χ4n) is 1.90. The zero-order valence-electron chi connectivity index (χ0n) is 12.6. The van der Waals surface area contributed by atoms with Crippen LogP contribution in [-0.2, 0) is 0 Å². The smallest absolute Gasteiger partial charge is 0.272 e. The molecule has 0 aliphatic carbocycles. The average Bonchev–Trinajstić information content (AvgIpc) is 2.51. The maximum Gasteiger partial charge on any atom is 0.272 e. The van der Waals surface area contributed by atoms with Gasteiger partial charge in [-0.1, -0.05) is 24.8 Å². The minimum absolute atomic E-state index is 0.0428. The molecule has 0 atom stereocenters. The first-order valence-corrected chi connectivity index (χ1v) is 6.72. The van der Waals surface area contributed by atoms with Crippen LogP contribution < -0.4 is 10.5 Å². The van der Waals surface area contributed by atoms with E-state index in [-0.39, 0.29) is 17.5 Å². The number of benzene rings is 1. The van der Waals surface area contributed by atoms with Crippen LogP contribution in [0.15, 0.2) is 43.0 Å². The highest BCUT2D eigenvalue weighted by atomic mass is 16.5. The minimum Gasteiger partial charge on any atom is -0.489 e. The number of carbonyl (C=O) groups is 1. The molecule has 1 aromatic heterocycles. The Bertz CT molecular complexity index is 698. The predicted octanol–water partition coefficient (Wildman–Crippen LogP) is 1.99. The van der Waals surface area contributed by atoms with Crippen LogP contribution in [0.3, 0.4) is 0 Å². The summed E-state index contributed by atoms with van der Waals surface area (Å²) in [7, 11) is 3.31. The molecule has 1 heterocycles. The lowest BCUT2D eigenvalue weighted by atomic mass is 10.1. The molecule has 2 aromatic rings. The summed E-state index contributed by atoms with van der Waals surface area (Å²) in [6.07, 6.45) is 1.66. The van der Waals surface area contributed by atoms with Gasteiger partial charge in [0.05, 0.1) is 5.69 Å². The highest BCUT2D eigenvalue weighted by Gasteiger charge is 2.15. The lowest BCUT2D eigenvalue weighted by Crippen LogP contribution is -2.23. The summed E-state index contributed by atoms with van der Waals surface area (Å²) in [5.41, 5.74) is 7.26. The van der Waals surface area contributed by atoms with Crippen LogP contribution in [0.25, 0.3) is 11.3 Å². The van der Waals surface area contributed by atoms with Crippen molar-refractivity contribution >= 4 is 11.9 Å². The molecule has 2 rings (SSSR count). The normalized spacial score (nSPS) is 10.1. The Kier molecular flexibility index (Phi) is 4.73. The van der Waals surface area contributed by atoms with Crippen molar-refractivity contribution in [1.29, 1.82) is 0 Å². The monoisotopic (exact) mass is 298 g/mol. The Balaban J connectivity index is 2.49. The van der Waals surface area contributed by atoms with Gasteiger partial charge in [-0.3, -0.25) is 4.79 Å². The highest BCUT2D eigenvalue weighted by Crippen LogP contribution is 2.29. The third-order valence-electron chi connectivity index (χ3n) is 2.89. The number of hydrogen-bond donors (Lipinski definition) is 1. The molecule has 6 nitrogen and oxygen atoms in total. The van der Waals surface area contributed by atoms with E-state index in [4.69, 9.17) is 10.5 Å². The molecule has 0 bridgehead atoms. The molecule has 6 heteroatoms. The quantitative estimate of drug-likeness (QED) is 0.854. The predicted molar refractivity (Wildman–Crippen MR) is 85.6 cm³/mol. The van der Waals surface area contributed by atoms with Crippen LogP contribution in [0, 0.1) is 0 Å². The Labute approximate surface area is 129 Å². The third kappa shape index (κ3) is 3.41. The molecule has 0 saturated carbocycles. The SMILES string of the molecule is C=CCOc1ccccc1-c1cc(C(=O)N(C)C)nc(N)n1. The number of carbonyl (C=O) groups excluding carboxylic acids is 1. The number of amides is 1. The summed E-state index contributed by atoms with van der Waals surface area (Å²) >= 11 is 0. The fraction of sp³-hybridized carbons (Fsp3) is 0.188. The van der Waals surface area contributed by atoms with Gasteiger partial charge in [0.1, 0.15) is 18.1 Å². The zero-order chi connectivity index (χ0) is 16.1. The van der Waals surface area contributed by atoms with Crippen molar-refractivity contribution in [2.45, 2.75) is 0 Å². The summed E-state index contributed by atoms with van der Waals surface area (Å²) in [5.74, 6) is 0.449. The molecule has 114 valence electrons. The number of nitrogen functional groups attached to an aromatic ring is 1. The second-order valence-electron chi connectivity index (χ2n) is 4.79. The average molecular weight is 298 g/mol. The van der Waals surface area contributed by atoms with Crippen LogP contribution >= 0.6 is 0 Å². The number of aromatic nitrogens is 2. The first-order chi connectivity index (χ1) is 10.5. The van der Waals surface area contributed by atoms with Crippen molar-refractivity contribution in [2.24, 2.45) is 0 Å². The molecule has 1 aromatic carbocycles. The topological polar surface area (TPSA) is 81.3 Å². The van der Waals surface area contributed by atoms with Crippen molar-refractivity contribution < 1.29 is 9.53 Å². The van der Waals surface area contributed by atoms with Crippen molar-refractivity contribution in [3.8, 4) is 17.0 Å². The second kappa shape index (κ2) is 6.71. The van der Waals surface area contributed by atoms with Crippen LogP contribution in [0.5, 0.6) is 5.75 Å². The van der Waals surface area contributed by atoms with Crippen LogP contribution in [0.1, 0.15) is 10.5 Å². The van der Waals surface area contributed by atoms with Gasteiger partial charge in [-0.15, -0.1) is 0 Å². The molecule has 0 spiro atoms. The molecule has 1 amide bonds. The molecule has 0 unspecified atom stereocenters. The lowest BCUT2D eigenvalue weighted by molar-refractivity contribution is 0.0822. The van der Waals surface area contributed by atoms with E-state index in [0.717, 1.165) is 5.56 Å². The third-order valence-corrected chi connectivity index (χ3v) is 2.89. The van der Waals surface area contributed by atoms with Crippen LogP contribution in [0.4, 0.5) is 5.95 Å². The molecule has 0 aliphatic heterocycles. The summed E-state index contributed by atoms with van der Waals surface area (Å²) in [6, 6.07) is 9.00. The van der Waals surface area contributed by atoms with Gasteiger partial charge in [0, 0.05) is 19.7 Å². The number of rotatable bonds is 5. The van der Waals surface area contributed by atoms with Gasteiger partial charge in [0.15, 0.2) is 0 Å². The standard InChI is InChI=1S/C16H18N4O2/c1-4-9-22-14-8-6-5-7-11(14)12-10-13(15(21)20(2)3)19-16(17)18-12/h4-8,10H,1,9H2,2-3H3,(H2,17,18,19). The summed E-state index contributed by atoms with van der Waals surface area (Å²) < 4.78 is 5.61. The Hall–Kier alpha value is -2.89. The molecule has 22 heavy (non-hydrogen) atoms. The number of ether oxygens (including phenoxy) is 1. The van der Waals surface area contributed by atoms with Crippen molar-refractivity contribution in [3.63, 3.8) is 0 Å². The summed E-state index contributed by atoms with van der Waals surface area (Å²) in [5, 5.41) is 0. The number of nitrogens with zero attached hydrogens (tertiary/aromatic N) is 3. The van der Waals surface area contributed by atoms with E-state index >= 15 is 0 Å². The van der Waals surface area contributed by atoms with E-state index in [1.807, 2.05) is 24.3 Å². The van der Waals surface area contributed by atoms with E-state index in [1.165, 1.54) is 4.90 Å². The molecule has 0 saturated heterocycles. The van der Waals surface area contributed by atoms with Crippen LogP contribution in [0.2, 0.25) is 0 Å². The van der Waals surface area contributed by atoms with Gasteiger partial charge in [-0.25, -0.2) is 9.97 Å². The Morgan fingerprint density at radius 3 is 2.77 bits per heavy atom. The lowest BCUT2D eigenvalue weighted by Gasteiger charge is -2.13. The molecule has 2 N–H and O–H groups in total. The number of hydrogen-bond acceptors (Lipinski definition) is 5. The van der Waals surface area contributed by atoms with Crippen molar-refractivity contribution in [1.82, 2.24) is 14.9 Å². The van der Waals surface area contributed by atoms with Gasteiger partial charge in [-0.05, 0) is 18.2 Å². The van der Waals surface area contributed by atoms with E-state index < -0.39 is 0 Å². The Morgan fingerprint density at radius 2 is 2.09 bits per heavy atom. The highest BCUT2D eigenvalue weighted by molar-refractivity contribution is 5.93.